The molecule has 0 aliphatic heterocycles. The van der Waals surface area contributed by atoms with Gasteiger partial charge in [-0.05, 0) is 42.0 Å². The lowest BCUT2D eigenvalue weighted by atomic mass is 10.0. The summed E-state index contributed by atoms with van der Waals surface area (Å²) in [6.07, 6.45) is -2.86. The lowest BCUT2D eigenvalue weighted by molar-refractivity contribution is -0.137. The Balaban J connectivity index is 1.81. The lowest BCUT2D eigenvalue weighted by Crippen LogP contribution is -2.04. The molecule has 1 aromatic heterocycles. The van der Waals surface area contributed by atoms with Gasteiger partial charge >= 0.3 is 6.18 Å². The summed E-state index contributed by atoms with van der Waals surface area (Å²) in [5, 5.41) is 0. The zero-order chi connectivity index (χ0) is 18.3. The van der Waals surface area contributed by atoms with Crippen LogP contribution in [0.4, 0.5) is 18.9 Å². The topological polar surface area (TPSA) is 43.8 Å². The molecular formula is C20H14F3N3. The Morgan fingerprint density at radius 1 is 0.885 bits per heavy atom. The van der Waals surface area contributed by atoms with E-state index in [-0.39, 0.29) is 0 Å². The highest BCUT2D eigenvalue weighted by atomic mass is 19.4. The van der Waals surface area contributed by atoms with Crippen molar-refractivity contribution in [2.24, 2.45) is 0 Å². The van der Waals surface area contributed by atoms with Crippen molar-refractivity contribution in [2.75, 3.05) is 5.73 Å². The van der Waals surface area contributed by atoms with E-state index in [9.17, 15) is 13.2 Å². The lowest BCUT2D eigenvalue weighted by Gasteiger charge is -2.10. The van der Waals surface area contributed by atoms with E-state index in [0.717, 1.165) is 28.9 Å². The first-order chi connectivity index (χ1) is 12.4. The minimum absolute atomic E-state index is 0.296. The monoisotopic (exact) mass is 353 g/mol. The Labute approximate surface area is 147 Å². The maximum atomic E-state index is 12.9. The van der Waals surface area contributed by atoms with Gasteiger partial charge in [-0.15, -0.1) is 0 Å². The third-order valence-electron chi connectivity index (χ3n) is 4.27. The Kier molecular flexibility index (Phi) is 3.68. The standard InChI is InChI=1S/C20H14F3N3/c21-20(22,23)14-8-9-19-18(11-14)25-12-26(19)15-5-3-4-13(10-15)16-6-1-2-7-17(16)24/h1-12H,24H2. The summed E-state index contributed by atoms with van der Waals surface area (Å²) in [6, 6.07) is 18.7. The van der Waals surface area contributed by atoms with Gasteiger partial charge in [0.2, 0.25) is 0 Å². The molecule has 0 saturated heterocycles. The Hall–Kier alpha value is -3.28. The molecule has 1 heterocycles. The van der Waals surface area contributed by atoms with Gasteiger partial charge in [0, 0.05) is 16.9 Å². The van der Waals surface area contributed by atoms with Gasteiger partial charge in [-0.3, -0.25) is 4.57 Å². The number of fused-ring (bicyclic) bond motifs is 1. The fourth-order valence-electron chi connectivity index (χ4n) is 2.98. The first-order valence-electron chi connectivity index (χ1n) is 7.93. The third-order valence-corrected chi connectivity index (χ3v) is 4.27. The Morgan fingerprint density at radius 2 is 1.69 bits per heavy atom. The average molecular weight is 353 g/mol. The van der Waals surface area contributed by atoms with E-state index in [1.807, 2.05) is 48.5 Å². The van der Waals surface area contributed by atoms with Gasteiger partial charge in [0.25, 0.3) is 0 Å². The van der Waals surface area contributed by atoms with E-state index in [2.05, 4.69) is 4.98 Å². The molecule has 0 radical (unpaired) electrons. The van der Waals surface area contributed by atoms with Crippen molar-refractivity contribution < 1.29 is 13.2 Å². The van der Waals surface area contributed by atoms with Crippen LogP contribution in [0.1, 0.15) is 5.56 Å². The van der Waals surface area contributed by atoms with Crippen molar-refractivity contribution in [1.29, 1.82) is 0 Å². The van der Waals surface area contributed by atoms with Crippen LogP contribution in [0.5, 0.6) is 0 Å². The summed E-state index contributed by atoms with van der Waals surface area (Å²) >= 11 is 0. The molecule has 4 aromatic rings. The molecule has 26 heavy (non-hydrogen) atoms. The minimum atomic E-state index is -4.39. The molecule has 3 aromatic carbocycles. The van der Waals surface area contributed by atoms with Crippen LogP contribution in [-0.2, 0) is 6.18 Å². The summed E-state index contributed by atoms with van der Waals surface area (Å²) in [6.45, 7) is 0. The molecule has 0 fully saturated rings. The van der Waals surface area contributed by atoms with Crippen LogP contribution in [0.3, 0.4) is 0 Å². The second kappa shape index (κ2) is 5.91. The molecule has 0 spiro atoms. The number of imidazole rings is 1. The number of para-hydroxylation sites is 1. The molecule has 0 saturated carbocycles. The number of alkyl halides is 3. The number of benzene rings is 3. The summed E-state index contributed by atoms with van der Waals surface area (Å²) in [7, 11) is 0. The largest absolute Gasteiger partial charge is 0.416 e. The number of rotatable bonds is 2. The van der Waals surface area contributed by atoms with E-state index in [1.54, 1.807) is 4.57 Å². The molecule has 4 rings (SSSR count). The SMILES string of the molecule is Nc1ccccc1-c1cccc(-n2cnc3cc(C(F)(F)F)ccc32)c1. The third kappa shape index (κ3) is 2.79. The van der Waals surface area contributed by atoms with Crippen molar-refractivity contribution in [1.82, 2.24) is 9.55 Å². The van der Waals surface area contributed by atoms with Crippen molar-refractivity contribution >= 4 is 16.7 Å². The number of hydrogen-bond donors (Lipinski definition) is 1. The number of nitrogens with two attached hydrogens (primary N) is 1. The van der Waals surface area contributed by atoms with E-state index in [4.69, 9.17) is 5.73 Å². The second-order valence-corrected chi connectivity index (χ2v) is 5.95. The van der Waals surface area contributed by atoms with Crippen LogP contribution in [0.25, 0.3) is 27.8 Å². The molecule has 0 amide bonds. The van der Waals surface area contributed by atoms with Crippen LogP contribution >= 0.6 is 0 Å². The highest BCUT2D eigenvalue weighted by molar-refractivity contribution is 5.80. The molecule has 0 atom stereocenters. The number of anilines is 1. The summed E-state index contributed by atoms with van der Waals surface area (Å²) in [4.78, 5) is 4.13. The maximum absolute atomic E-state index is 12.9. The van der Waals surface area contributed by atoms with Gasteiger partial charge in [-0.1, -0.05) is 30.3 Å². The zero-order valence-electron chi connectivity index (χ0n) is 13.5. The van der Waals surface area contributed by atoms with Crippen LogP contribution in [0.2, 0.25) is 0 Å². The number of nitrogens with zero attached hydrogens (tertiary/aromatic N) is 2. The molecule has 0 aliphatic rings. The van der Waals surface area contributed by atoms with Gasteiger partial charge in [0.05, 0.1) is 16.6 Å². The van der Waals surface area contributed by atoms with Crippen LogP contribution in [-0.4, -0.2) is 9.55 Å². The molecule has 130 valence electrons. The average Bonchev–Trinajstić information content (AvgIpc) is 3.05. The quantitative estimate of drug-likeness (QED) is 0.497. The van der Waals surface area contributed by atoms with Gasteiger partial charge in [-0.25, -0.2) is 4.98 Å². The molecular weight excluding hydrogens is 339 g/mol. The van der Waals surface area contributed by atoms with Crippen molar-refractivity contribution in [3.63, 3.8) is 0 Å². The summed E-state index contributed by atoms with van der Waals surface area (Å²) in [5.74, 6) is 0. The molecule has 0 bridgehead atoms. The molecule has 0 unspecified atom stereocenters. The Morgan fingerprint density at radius 3 is 2.46 bits per heavy atom. The first kappa shape index (κ1) is 16.2. The predicted octanol–water partition coefficient (Wildman–Crippen LogP) is 5.29. The van der Waals surface area contributed by atoms with Crippen LogP contribution < -0.4 is 5.73 Å². The van der Waals surface area contributed by atoms with Crippen molar-refractivity contribution in [3.8, 4) is 16.8 Å². The van der Waals surface area contributed by atoms with Crippen LogP contribution in [0.15, 0.2) is 73.1 Å². The van der Waals surface area contributed by atoms with E-state index >= 15 is 0 Å². The molecule has 6 heteroatoms. The number of aromatic nitrogens is 2. The minimum Gasteiger partial charge on any atom is -0.398 e. The summed E-state index contributed by atoms with van der Waals surface area (Å²) < 4.78 is 40.4. The fraction of sp³-hybridized carbons (Fsp3) is 0.0500. The van der Waals surface area contributed by atoms with Crippen molar-refractivity contribution in [3.05, 3.63) is 78.6 Å². The first-order valence-corrected chi connectivity index (χ1v) is 7.93. The Bertz CT molecular complexity index is 1100. The molecule has 3 nitrogen and oxygen atoms in total. The highest BCUT2D eigenvalue weighted by Crippen LogP contribution is 2.32. The number of nitrogen functional groups attached to an aromatic ring is 1. The zero-order valence-corrected chi connectivity index (χ0v) is 13.5. The molecule has 0 aliphatic carbocycles. The van der Waals surface area contributed by atoms with Gasteiger partial charge in [0.15, 0.2) is 0 Å². The maximum Gasteiger partial charge on any atom is 0.416 e. The molecule has 2 N–H and O–H groups in total. The highest BCUT2D eigenvalue weighted by Gasteiger charge is 2.30. The summed E-state index contributed by atoms with van der Waals surface area (Å²) in [5.41, 5.74) is 9.53. The smallest absolute Gasteiger partial charge is 0.398 e. The van der Waals surface area contributed by atoms with E-state index < -0.39 is 11.7 Å². The van der Waals surface area contributed by atoms with Gasteiger partial charge < -0.3 is 5.73 Å². The van der Waals surface area contributed by atoms with Gasteiger partial charge in [-0.2, -0.15) is 13.2 Å². The van der Waals surface area contributed by atoms with Crippen molar-refractivity contribution in [2.45, 2.75) is 6.18 Å². The predicted molar refractivity (Wildman–Crippen MR) is 95.9 cm³/mol. The second-order valence-electron chi connectivity index (χ2n) is 5.95. The van der Waals surface area contributed by atoms with E-state index in [1.165, 1.54) is 12.4 Å². The van der Waals surface area contributed by atoms with Gasteiger partial charge in [0.1, 0.15) is 6.33 Å². The van der Waals surface area contributed by atoms with E-state index in [0.29, 0.717) is 16.7 Å². The fourth-order valence-corrected chi connectivity index (χ4v) is 2.98. The van der Waals surface area contributed by atoms with Crippen LogP contribution in [0, 0.1) is 0 Å². The number of hydrogen-bond acceptors (Lipinski definition) is 2. The number of halogens is 3. The normalized spacial score (nSPS) is 11.8.